The van der Waals surface area contributed by atoms with Crippen molar-refractivity contribution < 1.29 is 17.9 Å². The Morgan fingerprint density at radius 2 is 2.05 bits per heavy atom. The number of nitrogens with zero attached hydrogens (tertiary/aromatic N) is 2. The summed E-state index contributed by atoms with van der Waals surface area (Å²) < 4.78 is 35.6. The molecule has 1 aromatic carbocycles. The summed E-state index contributed by atoms with van der Waals surface area (Å²) in [6.07, 6.45) is 2.54. The van der Waals surface area contributed by atoms with Crippen molar-refractivity contribution in [1.82, 2.24) is 9.55 Å². The molecule has 1 aliphatic heterocycles. The lowest BCUT2D eigenvalue weighted by atomic mass is 10.3. The number of hydrogen-bond acceptors (Lipinski definition) is 6. The largest absolute Gasteiger partial charge is 0.490 e. The maximum atomic E-state index is 11.4. The first-order valence-electron chi connectivity index (χ1n) is 6.59. The monoisotopic (exact) mass is 322 g/mol. The van der Waals surface area contributed by atoms with Gasteiger partial charge < -0.3 is 9.47 Å². The van der Waals surface area contributed by atoms with Gasteiger partial charge in [-0.1, -0.05) is 0 Å². The molecule has 1 aliphatic rings. The Bertz CT molecular complexity index is 842. The number of aromatic nitrogens is 2. The molecule has 0 spiro atoms. The molecule has 22 heavy (non-hydrogen) atoms. The zero-order valence-electron chi connectivity index (χ0n) is 11.8. The first-order valence-corrected chi connectivity index (χ1v) is 8.48. The van der Waals surface area contributed by atoms with Crippen LogP contribution in [0.25, 0.3) is 0 Å². The van der Waals surface area contributed by atoms with Crippen LogP contribution in [0.5, 0.6) is 11.8 Å². The van der Waals surface area contributed by atoms with E-state index in [0.717, 1.165) is 6.26 Å². The van der Waals surface area contributed by atoms with Crippen LogP contribution in [0.15, 0.2) is 46.2 Å². The molecule has 0 bridgehead atoms. The Labute approximate surface area is 127 Å². The lowest BCUT2D eigenvalue weighted by molar-refractivity contribution is 0.143. The van der Waals surface area contributed by atoms with Gasteiger partial charge >= 0.3 is 0 Å². The van der Waals surface area contributed by atoms with Crippen molar-refractivity contribution in [3.8, 4) is 11.8 Å². The molecule has 7 nitrogen and oxygen atoms in total. The summed E-state index contributed by atoms with van der Waals surface area (Å²) >= 11 is 0. The second kappa shape index (κ2) is 5.45. The molecule has 0 saturated carbocycles. The number of rotatable bonds is 4. The van der Waals surface area contributed by atoms with Crippen LogP contribution in [0.3, 0.4) is 0 Å². The highest BCUT2D eigenvalue weighted by Gasteiger charge is 2.23. The van der Waals surface area contributed by atoms with Gasteiger partial charge in [0.1, 0.15) is 12.4 Å². The van der Waals surface area contributed by atoms with E-state index < -0.39 is 9.84 Å². The standard InChI is InChI=1S/C14H14N2O5S/c1-22(18,19)12-4-2-10(3-5-12)20-9-11-8-16-7-6-13(17)15-14(16)21-11/h2-7,11H,8-9H2,1H3. The van der Waals surface area contributed by atoms with Gasteiger partial charge in [-0.15, -0.1) is 0 Å². The minimum absolute atomic E-state index is 0.243. The predicted molar refractivity (Wildman–Crippen MR) is 78.0 cm³/mol. The fraction of sp³-hybridized carbons (Fsp3) is 0.286. The lowest BCUT2D eigenvalue weighted by Gasteiger charge is -2.11. The second-order valence-electron chi connectivity index (χ2n) is 5.00. The van der Waals surface area contributed by atoms with Gasteiger partial charge in [-0.05, 0) is 24.3 Å². The molecule has 0 radical (unpaired) electrons. The maximum Gasteiger partial charge on any atom is 0.300 e. The van der Waals surface area contributed by atoms with Crippen LogP contribution in [0, 0.1) is 0 Å². The highest BCUT2D eigenvalue weighted by atomic mass is 32.2. The summed E-state index contributed by atoms with van der Waals surface area (Å²) in [4.78, 5) is 15.1. The summed E-state index contributed by atoms with van der Waals surface area (Å²) in [7, 11) is -3.21. The van der Waals surface area contributed by atoms with Crippen molar-refractivity contribution in [3.05, 3.63) is 46.9 Å². The molecule has 1 atom stereocenters. The minimum atomic E-state index is -3.21. The van der Waals surface area contributed by atoms with Crippen LogP contribution in [-0.2, 0) is 16.4 Å². The van der Waals surface area contributed by atoms with Gasteiger partial charge in [0.15, 0.2) is 15.9 Å². The quantitative estimate of drug-likeness (QED) is 0.814. The molecule has 116 valence electrons. The van der Waals surface area contributed by atoms with Crippen molar-refractivity contribution in [2.45, 2.75) is 17.5 Å². The van der Waals surface area contributed by atoms with Crippen LogP contribution in [0.2, 0.25) is 0 Å². The molecule has 0 N–H and O–H groups in total. The van der Waals surface area contributed by atoms with E-state index in [1.54, 1.807) is 22.9 Å². The fourth-order valence-corrected chi connectivity index (χ4v) is 2.74. The third kappa shape index (κ3) is 3.11. The normalized spacial score (nSPS) is 16.9. The Balaban J connectivity index is 1.61. The molecule has 2 aromatic rings. The number of benzene rings is 1. The van der Waals surface area contributed by atoms with Crippen LogP contribution < -0.4 is 15.0 Å². The number of hydrogen-bond donors (Lipinski definition) is 0. The summed E-state index contributed by atoms with van der Waals surface area (Å²) in [5.74, 6) is 0.550. The number of ether oxygens (including phenoxy) is 2. The van der Waals surface area contributed by atoms with E-state index in [2.05, 4.69) is 4.98 Å². The fourth-order valence-electron chi connectivity index (χ4n) is 2.11. The molecule has 1 unspecified atom stereocenters. The molecule has 2 heterocycles. The van der Waals surface area contributed by atoms with E-state index in [0.29, 0.717) is 12.3 Å². The Morgan fingerprint density at radius 3 is 2.73 bits per heavy atom. The first-order chi connectivity index (χ1) is 10.4. The third-order valence-electron chi connectivity index (χ3n) is 3.21. The Hall–Kier alpha value is -2.35. The maximum absolute atomic E-state index is 11.4. The third-order valence-corrected chi connectivity index (χ3v) is 4.34. The molecule has 0 amide bonds. The predicted octanol–water partition coefficient (Wildman–Crippen LogP) is 0.487. The topological polar surface area (TPSA) is 87.5 Å². The first kappa shape index (κ1) is 14.6. The van der Waals surface area contributed by atoms with Crippen molar-refractivity contribution in [3.63, 3.8) is 0 Å². The molecular formula is C14H14N2O5S. The lowest BCUT2D eigenvalue weighted by Crippen LogP contribution is -2.23. The second-order valence-corrected chi connectivity index (χ2v) is 7.01. The zero-order chi connectivity index (χ0) is 15.7. The summed E-state index contributed by atoms with van der Waals surface area (Å²) in [6.45, 7) is 0.819. The van der Waals surface area contributed by atoms with Crippen LogP contribution in [0.4, 0.5) is 0 Å². The molecule has 1 aromatic heterocycles. The van der Waals surface area contributed by atoms with Crippen LogP contribution in [0.1, 0.15) is 0 Å². The van der Waals surface area contributed by atoms with E-state index in [1.165, 1.54) is 18.2 Å². The van der Waals surface area contributed by atoms with Crippen molar-refractivity contribution >= 4 is 9.84 Å². The van der Waals surface area contributed by atoms with Gasteiger partial charge in [-0.25, -0.2) is 8.42 Å². The van der Waals surface area contributed by atoms with E-state index in [9.17, 15) is 13.2 Å². The zero-order valence-corrected chi connectivity index (χ0v) is 12.6. The number of sulfone groups is 1. The molecular weight excluding hydrogens is 308 g/mol. The Morgan fingerprint density at radius 1 is 1.32 bits per heavy atom. The van der Waals surface area contributed by atoms with Crippen LogP contribution in [-0.4, -0.2) is 36.9 Å². The van der Waals surface area contributed by atoms with Gasteiger partial charge in [0, 0.05) is 18.5 Å². The Kier molecular flexibility index (Phi) is 3.61. The molecule has 0 aliphatic carbocycles. The van der Waals surface area contributed by atoms with E-state index in [4.69, 9.17) is 9.47 Å². The van der Waals surface area contributed by atoms with Gasteiger partial charge in [-0.3, -0.25) is 9.36 Å². The smallest absolute Gasteiger partial charge is 0.300 e. The van der Waals surface area contributed by atoms with E-state index in [-0.39, 0.29) is 29.2 Å². The van der Waals surface area contributed by atoms with Crippen molar-refractivity contribution in [2.75, 3.05) is 12.9 Å². The van der Waals surface area contributed by atoms with Crippen LogP contribution >= 0.6 is 0 Å². The van der Waals surface area contributed by atoms with E-state index >= 15 is 0 Å². The minimum Gasteiger partial charge on any atom is -0.490 e. The van der Waals surface area contributed by atoms with Gasteiger partial charge in [0.05, 0.1) is 11.4 Å². The highest BCUT2D eigenvalue weighted by Crippen LogP contribution is 2.19. The van der Waals surface area contributed by atoms with Crippen molar-refractivity contribution in [1.29, 1.82) is 0 Å². The van der Waals surface area contributed by atoms with Crippen molar-refractivity contribution in [2.24, 2.45) is 0 Å². The molecule has 0 saturated heterocycles. The highest BCUT2D eigenvalue weighted by molar-refractivity contribution is 7.90. The summed E-state index contributed by atoms with van der Waals surface area (Å²) in [6, 6.07) is 7.84. The summed E-state index contributed by atoms with van der Waals surface area (Å²) in [5.41, 5.74) is -0.343. The average Bonchev–Trinajstić information content (AvgIpc) is 2.86. The molecule has 8 heteroatoms. The molecule has 3 rings (SSSR count). The van der Waals surface area contributed by atoms with E-state index in [1.807, 2.05) is 0 Å². The SMILES string of the molecule is CS(=O)(=O)c1ccc(OCC2Cn3ccc(=O)nc3O2)cc1. The van der Waals surface area contributed by atoms with Gasteiger partial charge in [-0.2, -0.15) is 4.98 Å². The summed E-state index contributed by atoms with van der Waals surface area (Å²) in [5, 5.41) is 0. The van der Waals surface area contributed by atoms with Gasteiger partial charge in [0.2, 0.25) is 0 Å². The number of fused-ring (bicyclic) bond motifs is 1. The molecule has 0 fully saturated rings. The average molecular weight is 322 g/mol. The van der Waals surface area contributed by atoms with Gasteiger partial charge in [0.25, 0.3) is 11.6 Å².